The van der Waals surface area contributed by atoms with E-state index in [1.54, 1.807) is 0 Å². The molecule has 0 aromatic rings. The fourth-order valence-corrected chi connectivity index (χ4v) is 0. The summed E-state index contributed by atoms with van der Waals surface area (Å²) in [5.74, 6) is 0. The van der Waals surface area contributed by atoms with Crippen LogP contribution in [0.3, 0.4) is 0 Å². The molecule has 0 aliphatic carbocycles. The van der Waals surface area contributed by atoms with E-state index < -0.39 is 0 Å². The Bertz CT molecular complexity index is 8.00. The molecule has 8 radical (unpaired) electrons. The smallest absolute Gasteiger partial charge is 0 e. The van der Waals surface area contributed by atoms with Crippen LogP contribution in [-0.4, -0.2) is 19.4 Å². The van der Waals surface area contributed by atoms with Crippen LogP contribution in [0.4, 0.5) is 0 Å². The van der Waals surface area contributed by atoms with Crippen LogP contribution in [0.1, 0.15) is 0 Å². The van der Waals surface area contributed by atoms with Gasteiger partial charge in [0, 0.05) is 62.8 Å². The second kappa shape index (κ2) is 22.2. The van der Waals surface area contributed by atoms with Gasteiger partial charge >= 0.3 is 0 Å². The van der Waals surface area contributed by atoms with Crippen molar-refractivity contribution in [2.24, 2.45) is 0 Å². The molecule has 0 saturated carbocycles. The van der Waals surface area contributed by atoms with Gasteiger partial charge in [-0.1, -0.05) is 0 Å². The van der Waals surface area contributed by atoms with E-state index in [2.05, 4.69) is 0 Å². The number of rotatable bonds is 0. The Morgan fingerprint density at radius 1 is 1.00 bits per heavy atom. The Hall–Kier alpha value is 1.71. The monoisotopic (exact) mass is 230 g/mol. The van der Waals surface area contributed by atoms with Crippen LogP contribution in [0.15, 0.2) is 0 Å². The summed E-state index contributed by atoms with van der Waals surface area (Å²) in [5.41, 5.74) is 0. The second-order valence-electron chi connectivity index (χ2n) is 0. The molecule has 0 atom stereocenters. The fraction of sp³-hybridized carbons (Fsp3) is 0. The molecule has 0 aromatic heterocycles. The summed E-state index contributed by atoms with van der Waals surface area (Å²) >= 11 is 0. The van der Waals surface area contributed by atoms with Gasteiger partial charge < -0.3 is 0 Å². The van der Waals surface area contributed by atoms with E-state index in [0.717, 1.165) is 0 Å². The van der Waals surface area contributed by atoms with Crippen molar-refractivity contribution < 1.29 is 43.4 Å². The first-order chi connectivity index (χ1) is 0. The third-order valence-corrected chi connectivity index (χ3v) is 0. The number of hydrogen-bond acceptors (Lipinski definition) is 0. The zero-order valence-corrected chi connectivity index (χ0v) is 7.14. The quantitative estimate of drug-likeness (QED) is 0.477. The van der Waals surface area contributed by atoms with Crippen molar-refractivity contribution in [1.82, 2.24) is 0 Å². The normalized spacial score (nSPS) is 0. The van der Waals surface area contributed by atoms with Crippen LogP contribution in [0, 0.1) is 0 Å². The molecule has 0 aliphatic heterocycles. The van der Waals surface area contributed by atoms with E-state index in [1.807, 2.05) is 0 Å². The van der Waals surface area contributed by atoms with E-state index in [1.165, 1.54) is 0 Å². The standard InChI is InChI=1S/B.Mo.Nb.Si. The topological polar surface area (TPSA) is 0 Å². The summed E-state index contributed by atoms with van der Waals surface area (Å²) in [6.45, 7) is 0. The first-order valence-corrected chi connectivity index (χ1v) is 0. The van der Waals surface area contributed by atoms with Crippen molar-refractivity contribution in [3.63, 3.8) is 0 Å². The molecule has 4 heavy (non-hydrogen) atoms. The minimum Gasteiger partial charge on any atom is 0 e. The maximum Gasteiger partial charge on any atom is 0 e. The third-order valence-electron chi connectivity index (χ3n) is 0. The van der Waals surface area contributed by atoms with Crippen LogP contribution in [0.25, 0.3) is 0 Å². The summed E-state index contributed by atoms with van der Waals surface area (Å²) in [4.78, 5) is 0. The Kier molecular flexibility index (Phi) is 240. The molecular weight excluding hydrogens is 228 g/mol. The molecule has 0 N–H and O–H groups in total. The van der Waals surface area contributed by atoms with E-state index in [9.17, 15) is 0 Å². The predicted octanol–water partition coefficient (Wildman–Crippen LogP) is -0.767. The second-order valence-corrected chi connectivity index (χ2v) is 0. The van der Waals surface area contributed by atoms with Gasteiger partial charge in [-0.3, -0.25) is 0 Å². The Balaban J connectivity index is 0. The molecule has 0 heterocycles. The van der Waals surface area contributed by atoms with Crippen LogP contribution in [-0.2, 0) is 43.4 Å². The molecule has 0 aromatic carbocycles. The zero-order valence-electron chi connectivity index (χ0n) is 1.93. The van der Waals surface area contributed by atoms with Gasteiger partial charge in [-0.25, -0.2) is 0 Å². The van der Waals surface area contributed by atoms with E-state index in [-0.39, 0.29) is 62.8 Å². The SMILES string of the molecule is [B].[Mo].[Nb].[Si]. The molecule has 0 nitrogen and oxygen atoms in total. The molecular formula is BMoNbSi. The maximum atomic E-state index is 0. The Morgan fingerprint density at radius 3 is 1.00 bits per heavy atom. The summed E-state index contributed by atoms with van der Waals surface area (Å²) < 4.78 is 0. The summed E-state index contributed by atoms with van der Waals surface area (Å²) in [6, 6.07) is 0. The minimum absolute atomic E-state index is 0. The van der Waals surface area contributed by atoms with Crippen molar-refractivity contribution in [3.05, 3.63) is 0 Å². The molecule has 0 bridgehead atoms. The summed E-state index contributed by atoms with van der Waals surface area (Å²) in [7, 11) is 0. The van der Waals surface area contributed by atoms with Gasteiger partial charge in [0.25, 0.3) is 0 Å². The molecule has 0 unspecified atom stereocenters. The molecule has 0 amide bonds. The average Bonchev–Trinajstić information content (AvgIpc) is 0. The van der Waals surface area contributed by atoms with Gasteiger partial charge in [-0.05, 0) is 0 Å². The van der Waals surface area contributed by atoms with Gasteiger partial charge in [0.05, 0.1) is 0 Å². The molecule has 0 spiro atoms. The van der Waals surface area contributed by atoms with Crippen LogP contribution in [0.5, 0.6) is 0 Å². The van der Waals surface area contributed by atoms with E-state index in [4.69, 9.17) is 0 Å². The van der Waals surface area contributed by atoms with Crippen molar-refractivity contribution in [1.29, 1.82) is 0 Å². The fourth-order valence-electron chi connectivity index (χ4n) is 0. The van der Waals surface area contributed by atoms with Crippen LogP contribution in [0.2, 0.25) is 0 Å². The van der Waals surface area contributed by atoms with Gasteiger partial charge in [0.1, 0.15) is 0 Å². The maximum absolute atomic E-state index is 0. The Morgan fingerprint density at radius 2 is 1.00 bits per heavy atom. The molecule has 0 aliphatic rings. The molecule has 0 fully saturated rings. The average molecular weight is 228 g/mol. The van der Waals surface area contributed by atoms with Crippen molar-refractivity contribution >= 4 is 19.4 Å². The summed E-state index contributed by atoms with van der Waals surface area (Å²) in [5, 5.41) is 0. The van der Waals surface area contributed by atoms with Gasteiger partial charge in [-0.15, -0.1) is 0 Å². The van der Waals surface area contributed by atoms with Crippen LogP contribution >= 0.6 is 0 Å². The first kappa shape index (κ1) is 43.3. The van der Waals surface area contributed by atoms with Gasteiger partial charge in [0.15, 0.2) is 0 Å². The first-order valence-electron chi connectivity index (χ1n) is 0. The minimum atomic E-state index is 0. The largest absolute Gasteiger partial charge is 0 e. The van der Waals surface area contributed by atoms with Crippen molar-refractivity contribution in [2.75, 3.05) is 0 Å². The van der Waals surface area contributed by atoms with Crippen LogP contribution < -0.4 is 0 Å². The van der Waals surface area contributed by atoms with E-state index in [0.29, 0.717) is 0 Å². The van der Waals surface area contributed by atoms with Crippen molar-refractivity contribution in [3.8, 4) is 0 Å². The van der Waals surface area contributed by atoms with Gasteiger partial charge in [0.2, 0.25) is 0 Å². The Labute approximate surface area is 62.5 Å². The molecule has 0 rings (SSSR count). The number of hydrogen-bond donors (Lipinski definition) is 0. The molecule has 0 saturated heterocycles. The predicted molar refractivity (Wildman–Crippen MR) is 11.5 cm³/mol. The van der Waals surface area contributed by atoms with Gasteiger partial charge in [-0.2, -0.15) is 0 Å². The summed E-state index contributed by atoms with van der Waals surface area (Å²) in [6.07, 6.45) is 0. The third kappa shape index (κ3) is 9.32. The molecule has 4 heteroatoms. The van der Waals surface area contributed by atoms with Crippen molar-refractivity contribution in [2.45, 2.75) is 0 Å². The molecule has 18 valence electrons. The van der Waals surface area contributed by atoms with E-state index >= 15 is 0 Å². The zero-order chi connectivity index (χ0) is 0.